The van der Waals surface area contributed by atoms with Crippen molar-refractivity contribution >= 4 is 27.7 Å². The molecule has 0 saturated carbocycles. The lowest BCUT2D eigenvalue weighted by Crippen LogP contribution is -2.54. The molecule has 5 heteroatoms. The van der Waals surface area contributed by atoms with E-state index in [0.29, 0.717) is 5.90 Å². The summed E-state index contributed by atoms with van der Waals surface area (Å²) in [5.74, 6) is 3.21. The van der Waals surface area contributed by atoms with Gasteiger partial charge in [-0.15, -0.1) is 0 Å². The maximum absolute atomic E-state index is 7.40. The molecule has 2 atom stereocenters. The average molecular weight is 834 g/mol. The third-order valence-electron chi connectivity index (χ3n) is 15.2. The smallest absolute Gasteiger partial charge is 0.217 e. The van der Waals surface area contributed by atoms with E-state index < -0.39 is 11.1 Å². The summed E-state index contributed by atoms with van der Waals surface area (Å²) >= 11 is 0. The molecule has 7 aromatic rings. The van der Waals surface area contributed by atoms with Crippen LogP contribution in [0.25, 0.3) is 38.8 Å². The van der Waals surface area contributed by atoms with Crippen molar-refractivity contribution in [3.05, 3.63) is 151 Å². The molecule has 63 heavy (non-hydrogen) atoms. The molecule has 2 aliphatic heterocycles. The summed E-state index contributed by atoms with van der Waals surface area (Å²) in [7, 11) is 0. The highest BCUT2D eigenvalue weighted by Crippen LogP contribution is 2.61. The number of hydrogen-bond donors (Lipinski definition) is 0. The van der Waals surface area contributed by atoms with E-state index in [1.807, 2.05) is 6.20 Å². The summed E-state index contributed by atoms with van der Waals surface area (Å²) in [5.41, 5.74) is 19.0. The molecule has 0 spiro atoms. The van der Waals surface area contributed by atoms with E-state index in [0.717, 1.165) is 51.5 Å². The fourth-order valence-electron chi connectivity index (χ4n) is 11.6. The first-order valence-corrected chi connectivity index (χ1v) is 22.8. The lowest BCUT2D eigenvalue weighted by atomic mass is 9.66. The molecule has 0 amide bonds. The van der Waals surface area contributed by atoms with Crippen molar-refractivity contribution in [2.24, 2.45) is 10.4 Å². The molecule has 1 aliphatic carbocycles. The first-order chi connectivity index (χ1) is 29.4. The Kier molecular flexibility index (Phi) is 8.65. The fraction of sp³-hybridized carbons (Fsp3) is 0.379. The van der Waals surface area contributed by atoms with Crippen LogP contribution in [-0.4, -0.2) is 21.0 Å². The predicted octanol–water partition coefficient (Wildman–Crippen LogP) is 14.8. The van der Waals surface area contributed by atoms with Gasteiger partial charge in [-0.25, -0.2) is 9.98 Å². The van der Waals surface area contributed by atoms with Crippen molar-refractivity contribution in [3.63, 3.8) is 0 Å². The molecule has 2 aromatic heterocycles. The third-order valence-corrected chi connectivity index (χ3v) is 15.2. The predicted molar refractivity (Wildman–Crippen MR) is 262 cm³/mol. The minimum absolute atomic E-state index is 0.0212. The number of pyridine rings is 1. The Morgan fingerprint density at radius 2 is 1.32 bits per heavy atom. The van der Waals surface area contributed by atoms with Crippen molar-refractivity contribution in [3.8, 4) is 28.4 Å². The summed E-state index contributed by atoms with van der Waals surface area (Å²) in [6, 6.07) is 27.6. The van der Waals surface area contributed by atoms with Crippen LogP contribution in [-0.2, 0) is 27.5 Å². The first kappa shape index (κ1) is 41.3. The minimum Gasteiger partial charge on any atom is -0.467 e. The number of fused-ring (bicyclic) bond motifs is 8. The van der Waals surface area contributed by atoms with Crippen molar-refractivity contribution < 1.29 is 9.47 Å². The summed E-state index contributed by atoms with van der Waals surface area (Å²) < 4.78 is 17.0. The zero-order chi connectivity index (χ0) is 45.1. The van der Waals surface area contributed by atoms with Crippen molar-refractivity contribution in [2.45, 2.75) is 139 Å². The number of ether oxygens (including phenoxy) is 2. The molecule has 0 bridgehead atoms. The Labute approximate surface area is 374 Å². The maximum Gasteiger partial charge on any atom is 0.217 e. The maximum atomic E-state index is 7.40. The van der Waals surface area contributed by atoms with Gasteiger partial charge in [0.1, 0.15) is 28.5 Å². The lowest BCUT2D eigenvalue weighted by molar-refractivity contribution is -0.0673. The topological polar surface area (TPSA) is 48.6 Å². The Hall–Kier alpha value is -5.68. The van der Waals surface area contributed by atoms with Crippen molar-refractivity contribution in [1.82, 2.24) is 9.55 Å². The molecular weight excluding hydrogens is 771 g/mol. The van der Waals surface area contributed by atoms with Gasteiger partial charge in [-0.05, 0) is 164 Å². The highest BCUT2D eigenvalue weighted by Gasteiger charge is 2.66. The van der Waals surface area contributed by atoms with Crippen molar-refractivity contribution in [2.75, 3.05) is 0 Å². The fourth-order valence-corrected chi connectivity index (χ4v) is 11.6. The number of hydrogen-bond acceptors (Lipinski definition) is 4. The number of aromatic nitrogens is 2. The second kappa shape index (κ2) is 13.2. The van der Waals surface area contributed by atoms with Crippen LogP contribution < -0.4 is 4.74 Å². The highest BCUT2D eigenvalue weighted by molar-refractivity contribution is 6.12. The Morgan fingerprint density at radius 3 is 2.00 bits per heavy atom. The van der Waals surface area contributed by atoms with Gasteiger partial charge in [-0.1, -0.05) is 91.3 Å². The summed E-state index contributed by atoms with van der Waals surface area (Å²) in [4.78, 5) is 10.8. The van der Waals surface area contributed by atoms with E-state index in [9.17, 15) is 0 Å². The van der Waals surface area contributed by atoms with Crippen LogP contribution in [0.2, 0.25) is 0 Å². The van der Waals surface area contributed by atoms with Crippen LogP contribution in [0.5, 0.6) is 11.5 Å². The monoisotopic (exact) mass is 833 g/mol. The van der Waals surface area contributed by atoms with Gasteiger partial charge in [0.15, 0.2) is 0 Å². The van der Waals surface area contributed by atoms with Gasteiger partial charge in [-0.3, -0.25) is 4.57 Å². The van der Waals surface area contributed by atoms with Gasteiger partial charge in [0.2, 0.25) is 5.90 Å². The second-order valence-corrected chi connectivity index (χ2v) is 22.2. The zero-order valence-corrected chi connectivity index (χ0v) is 40.4. The zero-order valence-electron chi connectivity index (χ0n) is 40.4. The van der Waals surface area contributed by atoms with E-state index in [2.05, 4.69) is 188 Å². The van der Waals surface area contributed by atoms with E-state index in [1.165, 1.54) is 77.5 Å². The molecular formula is C58H63N3O2. The van der Waals surface area contributed by atoms with Crippen LogP contribution in [0.4, 0.5) is 0 Å². The molecule has 10 rings (SSSR count). The normalized spacial score (nSPS) is 19.8. The van der Waals surface area contributed by atoms with Gasteiger partial charge in [0, 0.05) is 51.4 Å². The molecule has 322 valence electrons. The molecule has 5 nitrogen and oxygen atoms in total. The third kappa shape index (κ3) is 5.87. The van der Waals surface area contributed by atoms with E-state index >= 15 is 0 Å². The average Bonchev–Trinajstić information content (AvgIpc) is 3.75. The molecule has 0 fully saturated rings. The summed E-state index contributed by atoms with van der Waals surface area (Å²) in [6.07, 6.45) is 2.80. The SMILES string of the molecule is Cc1cc(C)c(-c2cc(Oc3cc4c(cc3C)c3cc(C(C)(C)C)cc5c3n4-c3ncc(C)cc3C5(C)C)cc(C3=N[C@]4(C)c5cc(C)c(C)cc5C[C@]4(C(C)(C)C)O3)c2)c(C)c1. The Morgan fingerprint density at radius 1 is 0.635 bits per heavy atom. The quantitative estimate of drug-likeness (QED) is 0.177. The molecule has 5 aromatic carbocycles. The number of nitrogens with zero attached hydrogens (tertiary/aromatic N) is 3. The highest BCUT2D eigenvalue weighted by atomic mass is 16.5. The summed E-state index contributed by atoms with van der Waals surface area (Å²) in [6.45, 7) is 36.2. The standard InChI is InChI=1S/C58H63N3O2/c1-31-17-36(6)50(37(7)18-31)38-23-39(53-60-57(16)45-22-34(4)33(3)20-40(45)29-58(57,63-53)55(11,12)13)25-42(24-38)62-49-28-48-43(21-35(49)5)44-26-41(54(8,9)10)27-46-51(44)61(48)52-47(56(46,14)15)19-32(2)30-59-52/h17-28,30H,29H2,1-16H3/t57-,58-/m1/s1. The van der Waals surface area contributed by atoms with E-state index in [-0.39, 0.29) is 16.2 Å². The minimum atomic E-state index is -0.565. The molecule has 4 heterocycles. The van der Waals surface area contributed by atoms with Crippen LogP contribution in [0.3, 0.4) is 0 Å². The van der Waals surface area contributed by atoms with Crippen LogP contribution in [0.1, 0.15) is 135 Å². The number of rotatable bonds is 4. The largest absolute Gasteiger partial charge is 0.467 e. The Bertz CT molecular complexity index is 3160. The molecule has 0 N–H and O–H groups in total. The molecule has 3 aliphatic rings. The number of benzene rings is 5. The lowest BCUT2D eigenvalue weighted by Gasteiger charge is -2.45. The second-order valence-electron chi connectivity index (χ2n) is 22.2. The van der Waals surface area contributed by atoms with Crippen LogP contribution in [0.15, 0.2) is 84.0 Å². The van der Waals surface area contributed by atoms with Gasteiger partial charge in [0.05, 0.1) is 11.0 Å². The summed E-state index contributed by atoms with van der Waals surface area (Å²) in [5, 5.41) is 2.47. The number of aryl methyl sites for hydroxylation is 7. The molecule has 0 radical (unpaired) electrons. The van der Waals surface area contributed by atoms with Gasteiger partial charge in [0.25, 0.3) is 0 Å². The van der Waals surface area contributed by atoms with E-state index in [4.69, 9.17) is 19.5 Å². The van der Waals surface area contributed by atoms with E-state index in [1.54, 1.807) is 0 Å². The Balaban J connectivity index is 1.18. The number of aliphatic imine (C=N–C) groups is 1. The molecule has 0 unspecified atom stereocenters. The first-order valence-electron chi connectivity index (χ1n) is 22.8. The molecule has 0 saturated heterocycles. The van der Waals surface area contributed by atoms with Gasteiger partial charge < -0.3 is 9.47 Å². The van der Waals surface area contributed by atoms with Gasteiger partial charge in [-0.2, -0.15) is 0 Å². The van der Waals surface area contributed by atoms with Crippen LogP contribution >= 0.6 is 0 Å². The van der Waals surface area contributed by atoms with Crippen molar-refractivity contribution in [1.29, 1.82) is 0 Å². The van der Waals surface area contributed by atoms with Gasteiger partial charge >= 0.3 is 0 Å². The van der Waals surface area contributed by atoms with Crippen LogP contribution in [0, 0.1) is 53.9 Å².